The van der Waals surface area contributed by atoms with Crippen LogP contribution in [0.4, 0.5) is 17.1 Å². The molecule has 0 saturated carbocycles. The monoisotopic (exact) mass is 846 g/mol. The fourth-order valence-electron chi connectivity index (χ4n) is 11.4. The maximum Gasteiger partial charge on any atom is 0.333 e. The van der Waals surface area contributed by atoms with Crippen molar-refractivity contribution in [2.75, 3.05) is 4.90 Å². The van der Waals surface area contributed by atoms with Crippen LogP contribution in [-0.2, 0) is 21.7 Å². The van der Waals surface area contributed by atoms with E-state index in [0.29, 0.717) is 0 Å². The molecule has 4 heterocycles. The molecule has 0 radical (unpaired) electrons. The number of furan rings is 1. The summed E-state index contributed by atoms with van der Waals surface area (Å²) in [7, 11) is 0. The third-order valence-electron chi connectivity index (χ3n) is 15.0. The first kappa shape index (κ1) is 40.3. The Morgan fingerprint density at radius 2 is 1.11 bits per heavy atom. The van der Waals surface area contributed by atoms with Crippen LogP contribution < -0.4 is 15.8 Å². The van der Waals surface area contributed by atoms with Crippen molar-refractivity contribution < 1.29 is 4.42 Å². The van der Waals surface area contributed by atoms with Crippen LogP contribution in [0.15, 0.2) is 126 Å². The predicted octanol–water partition coefficient (Wildman–Crippen LogP) is 15.9. The lowest BCUT2D eigenvalue weighted by atomic mass is 9.44. The molecule has 0 amide bonds. The van der Waals surface area contributed by atoms with Crippen molar-refractivity contribution in [2.24, 2.45) is 0 Å². The number of nitrogens with zero attached hydrogens (tertiary/aromatic N) is 2. The summed E-state index contributed by atoms with van der Waals surface area (Å²) >= 11 is 0. The second kappa shape index (κ2) is 13.0. The highest BCUT2D eigenvalue weighted by atomic mass is 16.3. The zero-order valence-corrected chi connectivity index (χ0v) is 40.4. The summed E-state index contributed by atoms with van der Waals surface area (Å²) in [6.45, 7) is 30.5. The van der Waals surface area contributed by atoms with E-state index in [4.69, 9.17) is 4.42 Å². The molecule has 0 spiro atoms. The topological polar surface area (TPSA) is 21.3 Å². The summed E-state index contributed by atoms with van der Waals surface area (Å²) in [5.74, 6) is 0. The van der Waals surface area contributed by atoms with E-state index in [1.54, 1.807) is 0 Å². The summed E-state index contributed by atoms with van der Waals surface area (Å²) in [6, 6.07) is 47.1. The zero-order valence-electron chi connectivity index (χ0n) is 40.4. The van der Waals surface area contributed by atoms with Crippen molar-refractivity contribution in [1.29, 1.82) is 0 Å². The molecule has 2 aliphatic heterocycles. The number of anilines is 3. The Labute approximate surface area is 384 Å². The van der Waals surface area contributed by atoms with Crippen molar-refractivity contribution in [3.63, 3.8) is 0 Å². The van der Waals surface area contributed by atoms with Crippen LogP contribution in [0, 0.1) is 6.92 Å². The molecule has 8 aromatic carbocycles. The molecule has 0 N–H and O–H groups in total. The minimum atomic E-state index is -0.111. The summed E-state index contributed by atoms with van der Waals surface area (Å²) in [5.41, 5.74) is 19.7. The number of para-hydroxylation sites is 1. The Morgan fingerprint density at radius 3 is 1.78 bits per heavy atom. The Balaban J connectivity index is 1.34. The molecular formula is C61H59BN2O. The smallest absolute Gasteiger partial charge is 0.333 e. The first-order valence-electron chi connectivity index (χ1n) is 23.7. The quantitative estimate of drug-likeness (QED) is 0.121. The summed E-state index contributed by atoms with van der Waals surface area (Å²) in [5, 5.41) is 10.1. The van der Waals surface area contributed by atoms with E-state index in [-0.39, 0.29) is 28.5 Å². The molecular weight excluding hydrogens is 787 g/mol. The Hall–Kier alpha value is -6.26. The highest BCUT2D eigenvalue weighted by Crippen LogP contribution is 2.52. The van der Waals surface area contributed by atoms with Gasteiger partial charge in [0.15, 0.2) is 0 Å². The summed E-state index contributed by atoms with van der Waals surface area (Å²) < 4.78 is 9.80. The van der Waals surface area contributed by atoms with Gasteiger partial charge in [-0.05, 0) is 149 Å². The summed E-state index contributed by atoms with van der Waals surface area (Å²) in [4.78, 5) is 2.64. The van der Waals surface area contributed by atoms with Crippen molar-refractivity contribution in [2.45, 2.75) is 112 Å². The van der Waals surface area contributed by atoms with Gasteiger partial charge in [-0.3, -0.25) is 0 Å². The van der Waals surface area contributed by atoms with Gasteiger partial charge >= 0.3 is 6.85 Å². The fraction of sp³-hybridized carbons (Fsp3) is 0.279. The molecule has 0 unspecified atom stereocenters. The van der Waals surface area contributed by atoms with Crippen molar-refractivity contribution in [3.05, 3.63) is 149 Å². The molecule has 10 aromatic rings. The normalized spacial score (nSPS) is 14.2. The van der Waals surface area contributed by atoms with E-state index in [9.17, 15) is 0 Å². The molecule has 0 saturated heterocycles. The standard InChI is InChI=1S/C61H59BN2O/c1-34-44-25-36-19-15-14-18-35(36)24-37(44)26-48-56(34)63(42-28-39(59(5,6)7)27-40(29-42)60(8,9)10)50-33-52-53(43-20-16-17-21-51(43)65-52)54-47-32-41(61(11,12)13)31-46-45-30-38(58(2,3)4)22-23-49(45)64(57(46)47)62(48)55(50)54/h14-33H,1-13H3. The van der Waals surface area contributed by atoms with E-state index < -0.39 is 0 Å². The van der Waals surface area contributed by atoms with Crippen LogP contribution in [0.5, 0.6) is 0 Å². The van der Waals surface area contributed by atoms with Crippen LogP contribution >= 0.6 is 0 Å². The number of benzene rings is 8. The van der Waals surface area contributed by atoms with Gasteiger partial charge in [-0.25, -0.2) is 0 Å². The van der Waals surface area contributed by atoms with E-state index in [1.165, 1.54) is 116 Å². The second-order valence-corrected chi connectivity index (χ2v) is 23.5. The molecule has 4 heteroatoms. The van der Waals surface area contributed by atoms with Gasteiger partial charge in [0, 0.05) is 61.3 Å². The van der Waals surface area contributed by atoms with Gasteiger partial charge in [0.25, 0.3) is 0 Å². The average molecular weight is 847 g/mol. The van der Waals surface area contributed by atoms with Crippen LogP contribution in [0.2, 0.25) is 0 Å². The molecule has 0 fully saturated rings. The second-order valence-electron chi connectivity index (χ2n) is 23.5. The Morgan fingerprint density at radius 1 is 0.492 bits per heavy atom. The zero-order chi connectivity index (χ0) is 45.4. The number of rotatable bonds is 1. The van der Waals surface area contributed by atoms with Crippen LogP contribution in [0.3, 0.4) is 0 Å². The average Bonchev–Trinajstić information content (AvgIpc) is 3.78. The van der Waals surface area contributed by atoms with Gasteiger partial charge in [-0.15, -0.1) is 0 Å². The molecule has 0 bridgehead atoms. The van der Waals surface area contributed by atoms with Crippen molar-refractivity contribution >= 4 is 100 Å². The minimum Gasteiger partial charge on any atom is -0.456 e. The lowest BCUT2D eigenvalue weighted by molar-refractivity contribution is 0.568. The Kier molecular flexibility index (Phi) is 8.03. The third-order valence-corrected chi connectivity index (χ3v) is 15.0. The van der Waals surface area contributed by atoms with Crippen molar-refractivity contribution in [3.8, 4) is 11.1 Å². The van der Waals surface area contributed by atoms with E-state index in [0.717, 1.165) is 16.6 Å². The number of aromatic nitrogens is 1. The predicted molar refractivity (Wildman–Crippen MR) is 282 cm³/mol. The van der Waals surface area contributed by atoms with Crippen LogP contribution in [0.25, 0.3) is 76.4 Å². The van der Waals surface area contributed by atoms with E-state index in [2.05, 4.69) is 221 Å². The SMILES string of the molecule is Cc1c2c(cc3cc4ccccc4cc13)B1c3c(cc4oc5ccccc5c4c3-c3cc(C(C)(C)C)cc4c5cc(C(C)(C)C)ccc5n1c34)N2c1cc(C(C)(C)C)cc(C(C)(C)C)c1. The van der Waals surface area contributed by atoms with Gasteiger partial charge in [0.1, 0.15) is 11.2 Å². The van der Waals surface area contributed by atoms with Gasteiger partial charge < -0.3 is 13.8 Å². The molecule has 65 heavy (non-hydrogen) atoms. The Bertz CT molecular complexity index is 3690. The lowest BCUT2D eigenvalue weighted by Gasteiger charge is -2.42. The van der Waals surface area contributed by atoms with Gasteiger partial charge in [0.05, 0.1) is 0 Å². The van der Waals surface area contributed by atoms with Gasteiger partial charge in [-0.2, -0.15) is 0 Å². The number of hydrogen-bond acceptors (Lipinski definition) is 2. The minimum absolute atomic E-state index is 0.00446. The molecule has 322 valence electrons. The highest BCUT2D eigenvalue weighted by molar-refractivity contribution is 6.90. The molecule has 2 aromatic heterocycles. The first-order valence-corrected chi connectivity index (χ1v) is 23.7. The van der Waals surface area contributed by atoms with Crippen LogP contribution in [-0.4, -0.2) is 11.3 Å². The molecule has 0 aliphatic carbocycles. The van der Waals surface area contributed by atoms with Crippen molar-refractivity contribution in [1.82, 2.24) is 4.48 Å². The van der Waals surface area contributed by atoms with Crippen LogP contribution in [0.1, 0.15) is 111 Å². The lowest BCUT2D eigenvalue weighted by Crippen LogP contribution is -2.57. The molecule has 2 aliphatic rings. The van der Waals surface area contributed by atoms with E-state index in [1.807, 2.05) is 0 Å². The highest BCUT2D eigenvalue weighted by Gasteiger charge is 2.46. The number of aryl methyl sites for hydroxylation is 1. The first-order chi connectivity index (χ1) is 30.7. The summed E-state index contributed by atoms with van der Waals surface area (Å²) in [6.07, 6.45) is 0. The van der Waals surface area contributed by atoms with Gasteiger partial charge in [0.2, 0.25) is 0 Å². The van der Waals surface area contributed by atoms with E-state index >= 15 is 0 Å². The molecule has 3 nitrogen and oxygen atoms in total. The fourth-order valence-corrected chi connectivity index (χ4v) is 11.4. The maximum absolute atomic E-state index is 7.06. The molecule has 0 atom stereocenters. The molecule has 12 rings (SSSR count). The maximum atomic E-state index is 7.06. The largest absolute Gasteiger partial charge is 0.456 e. The third kappa shape index (κ3) is 5.74. The number of fused-ring (bicyclic) bond motifs is 13. The number of hydrogen-bond donors (Lipinski definition) is 0. The van der Waals surface area contributed by atoms with Gasteiger partial charge in [-0.1, -0.05) is 144 Å².